The van der Waals surface area contributed by atoms with E-state index in [4.69, 9.17) is 29.9 Å². The predicted molar refractivity (Wildman–Crippen MR) is 608 cm³/mol. The topological polar surface area (TPSA) is 77.3 Å². The first-order valence-corrected chi connectivity index (χ1v) is 50.2. The molecule has 0 saturated carbocycles. The van der Waals surface area contributed by atoms with Crippen molar-refractivity contribution in [3.05, 3.63) is 566 Å². The lowest BCUT2D eigenvalue weighted by molar-refractivity contribution is 0.769. The van der Waals surface area contributed by atoms with Crippen LogP contribution in [0.2, 0.25) is 0 Å². The Labute approximate surface area is 843 Å². The van der Waals surface area contributed by atoms with Crippen LogP contribution in [-0.4, -0.2) is 29.9 Å². The Hall–Kier alpha value is -19.1. The summed E-state index contributed by atoms with van der Waals surface area (Å²) >= 11 is 0. The number of fused-ring (bicyclic) bond motifs is 23. The van der Waals surface area contributed by atoms with Gasteiger partial charge in [0, 0.05) is 76.5 Å². The van der Waals surface area contributed by atoms with Crippen LogP contribution in [0.15, 0.2) is 522 Å². The van der Waals surface area contributed by atoms with Crippen LogP contribution in [0.1, 0.15) is 44.5 Å². The molecule has 146 heavy (non-hydrogen) atoms. The summed E-state index contributed by atoms with van der Waals surface area (Å²) in [6.45, 7) is 0. The Morgan fingerprint density at radius 3 is 0.870 bits per heavy atom. The predicted octanol–water partition coefficient (Wildman–Crippen LogP) is 35.6. The zero-order chi connectivity index (χ0) is 96.1. The van der Waals surface area contributed by atoms with Crippen molar-refractivity contribution in [3.8, 4) is 112 Å². The van der Waals surface area contributed by atoms with Gasteiger partial charge < -0.3 is 0 Å². The lowest BCUT2D eigenvalue weighted by Crippen LogP contribution is -2.28. The Kier molecular flexibility index (Phi) is 19.4. The highest BCUT2D eigenvalue weighted by molar-refractivity contribution is 6.23. The largest absolute Gasteiger partial charge is 0.247 e. The summed E-state index contributed by atoms with van der Waals surface area (Å²) in [4.78, 5) is 32.3. The number of rotatable bonds is 12. The van der Waals surface area contributed by atoms with Gasteiger partial charge in [-0.3, -0.25) is 0 Å². The SMILES string of the molecule is c1ccc(-c2ccc3ccc4ccc(-c5c6ccccc6c(-c6cccc(-c7nc8ccccc8c8cc9c(cc78)-c7ccccc7C9(c7ccccc7)c7ccccc7)c6)c6ccccc56)nc4c3n2)cc1.c1ccc(-c2ccc3ccc4ccc(-c5ccc6c(ccc7cc(-c8cccc(-c9nc%10ccccc%10c%10cc%11c(cc9%10)-c9ccccc9C%11(c9ccccc9)c9ccccc9)c8)ccc76)c5)nc4c3n2)cc1. The van der Waals surface area contributed by atoms with Crippen molar-refractivity contribution in [2.45, 2.75) is 10.8 Å². The molecule has 0 bridgehead atoms. The van der Waals surface area contributed by atoms with Crippen LogP contribution in [0.3, 0.4) is 0 Å². The Bertz CT molecular complexity index is 10100. The van der Waals surface area contributed by atoms with Crippen molar-refractivity contribution in [1.82, 2.24) is 29.9 Å². The van der Waals surface area contributed by atoms with Gasteiger partial charge in [0.1, 0.15) is 0 Å². The fourth-order valence-electron chi connectivity index (χ4n) is 24.4. The van der Waals surface area contributed by atoms with Gasteiger partial charge in [0.2, 0.25) is 0 Å². The molecule has 0 saturated heterocycles. The summed E-state index contributed by atoms with van der Waals surface area (Å²) in [5.41, 5.74) is 36.6. The van der Waals surface area contributed by atoms with Crippen molar-refractivity contribution >= 4 is 130 Å². The van der Waals surface area contributed by atoms with Gasteiger partial charge in [-0.05, 0) is 228 Å². The summed E-state index contributed by atoms with van der Waals surface area (Å²) < 4.78 is 0. The number of pyridine rings is 6. The minimum Gasteiger partial charge on any atom is -0.247 e. The van der Waals surface area contributed by atoms with Gasteiger partial charge in [-0.1, -0.05) is 437 Å². The molecule has 6 heterocycles. The van der Waals surface area contributed by atoms with E-state index in [1.165, 1.54) is 115 Å². The van der Waals surface area contributed by atoms with Gasteiger partial charge >= 0.3 is 0 Å². The monoisotopic (exact) mass is 1850 g/mol. The van der Waals surface area contributed by atoms with Crippen molar-refractivity contribution in [3.63, 3.8) is 0 Å². The maximum Gasteiger partial charge on any atom is 0.0972 e. The Balaban J connectivity index is 0.000000138. The van der Waals surface area contributed by atoms with E-state index in [2.05, 4.69) is 510 Å². The molecular weight excluding hydrogens is 1770 g/mol. The molecule has 0 unspecified atom stereocenters. The molecule has 2 aliphatic rings. The molecule has 30 rings (SSSR count). The van der Waals surface area contributed by atoms with E-state index in [0.29, 0.717) is 0 Å². The highest BCUT2D eigenvalue weighted by atomic mass is 14.8. The van der Waals surface area contributed by atoms with E-state index in [1.807, 2.05) is 12.1 Å². The number of nitrogens with zero attached hydrogens (tertiary/aromatic N) is 6. The van der Waals surface area contributed by atoms with Crippen molar-refractivity contribution in [2.24, 2.45) is 0 Å². The normalized spacial score (nSPS) is 12.8. The lowest BCUT2D eigenvalue weighted by Gasteiger charge is -2.34. The smallest absolute Gasteiger partial charge is 0.0972 e. The molecule has 0 fully saturated rings. The van der Waals surface area contributed by atoms with E-state index >= 15 is 0 Å². The van der Waals surface area contributed by atoms with Crippen LogP contribution in [0.4, 0.5) is 0 Å². The summed E-state index contributed by atoms with van der Waals surface area (Å²) in [7, 11) is 0. The second-order valence-corrected chi connectivity index (χ2v) is 38.8. The molecule has 6 aromatic heterocycles. The maximum absolute atomic E-state index is 5.58. The van der Waals surface area contributed by atoms with Gasteiger partial charge in [0.15, 0.2) is 0 Å². The molecule has 0 spiro atoms. The molecule has 0 radical (unpaired) electrons. The van der Waals surface area contributed by atoms with E-state index in [1.54, 1.807) is 0 Å². The molecular formula is C140H86N6. The highest BCUT2D eigenvalue weighted by Crippen LogP contribution is 2.61. The second-order valence-electron chi connectivity index (χ2n) is 38.8. The third kappa shape index (κ3) is 13.3. The number of hydrogen-bond acceptors (Lipinski definition) is 6. The van der Waals surface area contributed by atoms with Crippen LogP contribution in [-0.2, 0) is 10.8 Å². The Morgan fingerprint density at radius 1 is 0.137 bits per heavy atom. The molecule has 2 aliphatic carbocycles. The van der Waals surface area contributed by atoms with Crippen LogP contribution in [0.25, 0.3) is 242 Å². The number of hydrogen-bond donors (Lipinski definition) is 0. The molecule has 0 N–H and O–H groups in total. The first-order valence-electron chi connectivity index (χ1n) is 50.2. The summed E-state index contributed by atoms with van der Waals surface area (Å²) in [5, 5.41) is 20.7. The second kappa shape index (κ2) is 33.8. The van der Waals surface area contributed by atoms with E-state index in [0.717, 1.165) is 171 Å². The molecule has 676 valence electrons. The van der Waals surface area contributed by atoms with E-state index in [9.17, 15) is 0 Å². The zero-order valence-corrected chi connectivity index (χ0v) is 79.3. The van der Waals surface area contributed by atoms with Gasteiger partial charge in [0.05, 0.1) is 78.1 Å². The fraction of sp³-hybridized carbons (Fsp3) is 0.0143. The molecule has 0 amide bonds. The number of para-hydroxylation sites is 2. The minimum atomic E-state index is -0.514. The lowest BCUT2D eigenvalue weighted by atomic mass is 9.67. The van der Waals surface area contributed by atoms with Crippen molar-refractivity contribution in [2.75, 3.05) is 0 Å². The molecule has 6 heteroatoms. The van der Waals surface area contributed by atoms with Crippen molar-refractivity contribution in [1.29, 1.82) is 0 Å². The highest BCUT2D eigenvalue weighted by Gasteiger charge is 2.48. The summed E-state index contributed by atoms with van der Waals surface area (Å²) in [6.07, 6.45) is 0. The van der Waals surface area contributed by atoms with E-state index < -0.39 is 10.8 Å². The molecule has 28 aromatic rings. The van der Waals surface area contributed by atoms with Gasteiger partial charge in [-0.15, -0.1) is 0 Å². The number of benzene rings is 22. The van der Waals surface area contributed by atoms with Gasteiger partial charge in [-0.2, -0.15) is 0 Å². The standard InChI is InChI=1S/2C70H43N3/c1-4-19-44(20-5-1)62-39-37-45-35-36-46-38-40-64(73-69(46)68(45)71-62)66-55-31-12-10-29-53(55)65(54-30-11-13-32-56(54)66)47-21-18-22-48(41-47)67-59-42-58-51-27-14-16-33-60(51)70(49-23-6-2-7-24-49,50-25-8-3-9-26-50)61(58)43-57(59)52-28-15-17-34-63(52)72-67;1-4-15-44(16-5-1)64-37-33-45-27-28-46-34-38-65(72-69(46)68(45)71-64)51-32-36-56-50(41-51)30-29-49-39-48(31-35-55(49)56)47-17-14-18-52(40-47)67-61-42-60-57-23-10-12-25-62(57)70(53-19-6-2-7-20-53,54-21-8-3-9-22-54)63(60)43-59(61)58-24-11-13-26-66(58)73-67/h2*1-43H. The first-order chi connectivity index (χ1) is 72.4. The zero-order valence-electron chi connectivity index (χ0n) is 79.3. The van der Waals surface area contributed by atoms with Gasteiger partial charge in [0.25, 0.3) is 0 Å². The molecule has 0 atom stereocenters. The third-order valence-electron chi connectivity index (χ3n) is 30.9. The molecule has 0 aliphatic heterocycles. The average molecular weight is 1850 g/mol. The van der Waals surface area contributed by atoms with Crippen LogP contribution in [0, 0.1) is 0 Å². The summed E-state index contributed by atoms with van der Waals surface area (Å²) in [6, 6.07) is 190. The van der Waals surface area contributed by atoms with Crippen LogP contribution < -0.4 is 0 Å². The quantitative estimate of drug-likeness (QED) is 0.0896. The fourth-order valence-corrected chi connectivity index (χ4v) is 24.4. The van der Waals surface area contributed by atoms with Crippen molar-refractivity contribution < 1.29 is 0 Å². The molecule has 6 nitrogen and oxygen atoms in total. The minimum absolute atomic E-state index is 0.493. The van der Waals surface area contributed by atoms with Crippen LogP contribution >= 0.6 is 0 Å². The third-order valence-corrected chi connectivity index (χ3v) is 30.9. The van der Waals surface area contributed by atoms with Gasteiger partial charge in [-0.25, -0.2) is 29.9 Å². The van der Waals surface area contributed by atoms with E-state index in [-0.39, 0.29) is 0 Å². The van der Waals surface area contributed by atoms with Crippen LogP contribution in [0.5, 0.6) is 0 Å². The Morgan fingerprint density at radius 2 is 0.438 bits per heavy atom. The summed E-state index contributed by atoms with van der Waals surface area (Å²) in [5.74, 6) is 0. The number of aromatic nitrogens is 6. The average Bonchev–Trinajstić information content (AvgIpc) is 1.52. The molecule has 22 aromatic carbocycles. The first kappa shape index (κ1) is 83.8. The maximum atomic E-state index is 5.58.